The lowest BCUT2D eigenvalue weighted by atomic mass is 10.1. The third-order valence-corrected chi connectivity index (χ3v) is 3.77. The Bertz CT molecular complexity index is 642. The fraction of sp³-hybridized carbons (Fsp3) is 0.526. The number of ether oxygens (including phenoxy) is 1. The molecule has 25 heavy (non-hydrogen) atoms. The monoisotopic (exact) mass is 346 g/mol. The molecule has 0 bridgehead atoms. The number of ketones is 1. The number of hydrogen-bond acceptors (Lipinski definition) is 4. The molecule has 1 aliphatic rings. The van der Waals surface area contributed by atoms with Gasteiger partial charge in [0.15, 0.2) is 5.78 Å². The van der Waals surface area contributed by atoms with Gasteiger partial charge in [-0.2, -0.15) is 0 Å². The number of hydrogen-bond donors (Lipinski definition) is 2. The molecule has 1 saturated carbocycles. The van der Waals surface area contributed by atoms with Crippen LogP contribution >= 0.6 is 0 Å². The number of amides is 2. The van der Waals surface area contributed by atoms with Gasteiger partial charge < -0.3 is 15.4 Å². The topological polar surface area (TPSA) is 84.5 Å². The van der Waals surface area contributed by atoms with Crippen molar-refractivity contribution in [1.29, 1.82) is 0 Å². The van der Waals surface area contributed by atoms with Gasteiger partial charge in [-0.1, -0.05) is 0 Å². The molecular formula is C19H26N2O4. The molecule has 2 N–H and O–H groups in total. The minimum atomic E-state index is -0.640. The summed E-state index contributed by atoms with van der Waals surface area (Å²) < 4.78 is 5.43. The fourth-order valence-electron chi connectivity index (χ4n) is 2.20. The zero-order chi connectivity index (χ0) is 18.6. The van der Waals surface area contributed by atoms with Gasteiger partial charge in [0.05, 0.1) is 0 Å². The van der Waals surface area contributed by atoms with Crippen LogP contribution in [-0.2, 0) is 9.59 Å². The Kier molecular flexibility index (Phi) is 5.82. The smallest absolute Gasteiger partial charge is 0.251 e. The Morgan fingerprint density at radius 3 is 2.28 bits per heavy atom. The third kappa shape index (κ3) is 6.21. The van der Waals surface area contributed by atoms with Crippen LogP contribution in [0, 0.1) is 5.92 Å². The van der Waals surface area contributed by atoms with E-state index >= 15 is 0 Å². The van der Waals surface area contributed by atoms with Gasteiger partial charge in [-0.25, -0.2) is 0 Å². The highest BCUT2D eigenvalue weighted by molar-refractivity contribution is 5.97. The maximum Gasteiger partial charge on any atom is 0.251 e. The molecule has 1 fully saturated rings. The van der Waals surface area contributed by atoms with Crippen LogP contribution in [0.15, 0.2) is 24.3 Å². The van der Waals surface area contributed by atoms with Crippen molar-refractivity contribution in [3.63, 3.8) is 0 Å². The van der Waals surface area contributed by atoms with Gasteiger partial charge in [-0.05, 0) is 64.8 Å². The van der Waals surface area contributed by atoms with E-state index in [-0.39, 0.29) is 35.7 Å². The number of rotatable bonds is 7. The van der Waals surface area contributed by atoms with Crippen LogP contribution in [0.25, 0.3) is 0 Å². The van der Waals surface area contributed by atoms with Gasteiger partial charge in [0.1, 0.15) is 18.4 Å². The van der Waals surface area contributed by atoms with Crippen LogP contribution < -0.4 is 15.4 Å². The molecule has 6 nitrogen and oxygen atoms in total. The summed E-state index contributed by atoms with van der Waals surface area (Å²) in [5.74, 6) is 0.270. The molecule has 0 unspecified atom stereocenters. The van der Waals surface area contributed by atoms with Crippen LogP contribution in [0.3, 0.4) is 0 Å². The molecule has 0 aromatic heterocycles. The zero-order valence-electron chi connectivity index (χ0n) is 15.2. The lowest BCUT2D eigenvalue weighted by molar-refractivity contribution is -0.124. The molecule has 0 radical (unpaired) electrons. The first kappa shape index (κ1) is 19.0. The van der Waals surface area contributed by atoms with E-state index in [4.69, 9.17) is 4.74 Å². The molecule has 1 atom stereocenters. The van der Waals surface area contributed by atoms with Crippen molar-refractivity contribution in [1.82, 2.24) is 10.6 Å². The van der Waals surface area contributed by atoms with Crippen LogP contribution in [-0.4, -0.2) is 35.8 Å². The quantitative estimate of drug-likeness (QED) is 0.792. The predicted octanol–water partition coefficient (Wildman–Crippen LogP) is 2.08. The summed E-state index contributed by atoms with van der Waals surface area (Å²) in [6.07, 6.45) is 1.92. The first-order valence-electron chi connectivity index (χ1n) is 8.54. The van der Waals surface area contributed by atoms with Crippen LogP contribution in [0.2, 0.25) is 0 Å². The van der Waals surface area contributed by atoms with Gasteiger partial charge in [0, 0.05) is 17.0 Å². The van der Waals surface area contributed by atoms with Crippen molar-refractivity contribution >= 4 is 17.6 Å². The lowest BCUT2D eigenvalue weighted by Crippen LogP contribution is -2.50. The van der Waals surface area contributed by atoms with Crippen molar-refractivity contribution < 1.29 is 19.1 Å². The highest BCUT2D eigenvalue weighted by Crippen LogP contribution is 2.29. The summed E-state index contributed by atoms with van der Waals surface area (Å²) in [6.45, 7) is 7.35. The van der Waals surface area contributed by atoms with Gasteiger partial charge >= 0.3 is 0 Å². The Hall–Kier alpha value is -2.37. The standard InChI is InChI=1S/C19H26N2O4/c1-12(17(23)21-19(2,3)4)20-18(24)14-7-9-15(10-8-14)25-11-16(22)13-5-6-13/h7-10,12-13H,5-6,11H2,1-4H3,(H,20,24)(H,21,23)/t12-/m0/s1. The second-order valence-corrected chi connectivity index (χ2v) is 7.49. The summed E-state index contributed by atoms with van der Waals surface area (Å²) in [4.78, 5) is 35.8. The predicted molar refractivity (Wildman–Crippen MR) is 94.5 cm³/mol. The summed E-state index contributed by atoms with van der Waals surface area (Å²) in [7, 11) is 0. The molecule has 0 saturated heterocycles. The number of Topliss-reactive ketones (excluding diaryl/α,β-unsaturated/α-hetero) is 1. The SMILES string of the molecule is C[C@H](NC(=O)c1ccc(OCC(=O)C2CC2)cc1)C(=O)NC(C)(C)C. The van der Waals surface area contributed by atoms with E-state index in [2.05, 4.69) is 10.6 Å². The van der Waals surface area contributed by atoms with Crippen molar-refractivity contribution in [2.45, 2.75) is 52.1 Å². The Labute approximate surface area is 148 Å². The summed E-state index contributed by atoms with van der Waals surface area (Å²) in [5, 5.41) is 5.49. The van der Waals surface area contributed by atoms with Gasteiger partial charge in [0.25, 0.3) is 5.91 Å². The fourth-order valence-corrected chi connectivity index (χ4v) is 2.20. The zero-order valence-corrected chi connectivity index (χ0v) is 15.2. The van der Waals surface area contributed by atoms with E-state index in [9.17, 15) is 14.4 Å². The Balaban J connectivity index is 1.84. The van der Waals surface area contributed by atoms with E-state index < -0.39 is 6.04 Å². The lowest BCUT2D eigenvalue weighted by Gasteiger charge is -2.23. The van der Waals surface area contributed by atoms with E-state index in [1.165, 1.54) is 0 Å². The molecule has 1 aliphatic carbocycles. The summed E-state index contributed by atoms with van der Waals surface area (Å²) in [5.41, 5.74) is 0.0729. The molecule has 0 aliphatic heterocycles. The van der Waals surface area contributed by atoms with Crippen molar-refractivity contribution in [3.05, 3.63) is 29.8 Å². The van der Waals surface area contributed by atoms with E-state index in [1.54, 1.807) is 31.2 Å². The number of nitrogens with one attached hydrogen (secondary N) is 2. The molecule has 1 aromatic carbocycles. The molecule has 136 valence electrons. The number of carbonyl (C=O) groups is 3. The Morgan fingerprint density at radius 1 is 1.16 bits per heavy atom. The van der Waals surface area contributed by atoms with E-state index in [0.29, 0.717) is 11.3 Å². The Morgan fingerprint density at radius 2 is 1.76 bits per heavy atom. The van der Waals surface area contributed by atoms with E-state index in [1.807, 2.05) is 20.8 Å². The minimum absolute atomic E-state index is 0.0697. The first-order chi connectivity index (χ1) is 11.7. The maximum absolute atomic E-state index is 12.2. The molecule has 2 rings (SSSR count). The largest absolute Gasteiger partial charge is 0.486 e. The average Bonchev–Trinajstić information content (AvgIpc) is 3.36. The van der Waals surface area contributed by atoms with Crippen LogP contribution in [0.5, 0.6) is 5.75 Å². The normalized spacial score (nSPS) is 15.2. The van der Waals surface area contributed by atoms with E-state index in [0.717, 1.165) is 12.8 Å². The molecule has 1 aromatic rings. The van der Waals surface area contributed by atoms with Gasteiger partial charge in [0.2, 0.25) is 5.91 Å². The summed E-state index contributed by atoms with van der Waals surface area (Å²) >= 11 is 0. The van der Waals surface area contributed by atoms with Crippen molar-refractivity contribution in [2.24, 2.45) is 5.92 Å². The molecular weight excluding hydrogens is 320 g/mol. The number of carbonyl (C=O) groups excluding carboxylic acids is 3. The number of benzene rings is 1. The van der Waals surface area contributed by atoms with Crippen LogP contribution in [0.4, 0.5) is 0 Å². The van der Waals surface area contributed by atoms with Crippen molar-refractivity contribution in [2.75, 3.05) is 6.61 Å². The highest BCUT2D eigenvalue weighted by Gasteiger charge is 2.29. The maximum atomic E-state index is 12.2. The second-order valence-electron chi connectivity index (χ2n) is 7.49. The molecule has 2 amide bonds. The first-order valence-corrected chi connectivity index (χ1v) is 8.54. The summed E-state index contributed by atoms with van der Waals surface area (Å²) in [6, 6.07) is 5.88. The average molecular weight is 346 g/mol. The molecule has 6 heteroatoms. The minimum Gasteiger partial charge on any atom is -0.486 e. The highest BCUT2D eigenvalue weighted by atomic mass is 16.5. The second kappa shape index (κ2) is 7.68. The van der Waals surface area contributed by atoms with Gasteiger partial charge in [-0.3, -0.25) is 14.4 Å². The van der Waals surface area contributed by atoms with Crippen LogP contribution in [0.1, 0.15) is 50.9 Å². The molecule has 0 spiro atoms. The van der Waals surface area contributed by atoms with Gasteiger partial charge in [-0.15, -0.1) is 0 Å². The third-order valence-electron chi connectivity index (χ3n) is 3.77. The molecule has 0 heterocycles. The van der Waals surface area contributed by atoms with Crippen molar-refractivity contribution in [3.8, 4) is 5.75 Å².